The van der Waals surface area contributed by atoms with E-state index in [0.29, 0.717) is 12.0 Å². The fourth-order valence-electron chi connectivity index (χ4n) is 3.60. The normalized spacial score (nSPS) is 19.5. The summed E-state index contributed by atoms with van der Waals surface area (Å²) in [4.78, 5) is 12.1. The van der Waals surface area contributed by atoms with Gasteiger partial charge in [-0.1, -0.05) is 22.0 Å². The Morgan fingerprint density at radius 2 is 1.86 bits per heavy atom. The summed E-state index contributed by atoms with van der Waals surface area (Å²) < 4.78 is 15.1. The molecule has 22 heavy (non-hydrogen) atoms. The molecule has 1 aliphatic heterocycles. The number of hydrogen-bond donors (Lipinski definition) is 1. The van der Waals surface area contributed by atoms with Crippen molar-refractivity contribution in [3.63, 3.8) is 0 Å². The fraction of sp³-hybridized carbons (Fsp3) is 0.278. The summed E-state index contributed by atoms with van der Waals surface area (Å²) in [5.74, 6) is -0.517. The largest absolute Gasteiger partial charge is 0.326 e. The van der Waals surface area contributed by atoms with Gasteiger partial charge < -0.3 is 5.32 Å². The second-order valence-corrected chi connectivity index (χ2v) is 6.95. The molecule has 0 aromatic heterocycles. The van der Waals surface area contributed by atoms with Gasteiger partial charge in [0.1, 0.15) is 5.82 Å². The predicted molar refractivity (Wildman–Crippen MR) is 87.7 cm³/mol. The van der Waals surface area contributed by atoms with Crippen LogP contribution in [0.2, 0.25) is 0 Å². The molecule has 112 valence electrons. The molecule has 4 rings (SSSR count). The molecule has 0 bridgehead atoms. The van der Waals surface area contributed by atoms with Crippen LogP contribution in [-0.4, -0.2) is 5.91 Å². The van der Waals surface area contributed by atoms with Gasteiger partial charge >= 0.3 is 0 Å². The lowest BCUT2D eigenvalue weighted by Gasteiger charge is -2.27. The van der Waals surface area contributed by atoms with Gasteiger partial charge in [-0.25, -0.2) is 4.39 Å². The van der Waals surface area contributed by atoms with Crippen molar-refractivity contribution in [1.82, 2.24) is 0 Å². The first-order valence-electron chi connectivity index (χ1n) is 7.52. The maximum Gasteiger partial charge on any atom is 0.225 e. The van der Waals surface area contributed by atoms with E-state index in [-0.39, 0.29) is 17.6 Å². The Morgan fingerprint density at radius 1 is 1.09 bits per heavy atom. The third kappa shape index (κ3) is 2.26. The summed E-state index contributed by atoms with van der Waals surface area (Å²) in [6, 6.07) is 9.18. The summed E-state index contributed by atoms with van der Waals surface area (Å²) in [6.07, 6.45) is 3.58. The van der Waals surface area contributed by atoms with Gasteiger partial charge in [0.15, 0.2) is 0 Å². The number of benzene rings is 2. The number of amides is 1. The number of aryl methyl sites for hydroxylation is 2. The molecular formula is C18H15BrFNO. The minimum atomic E-state index is -0.255. The third-order valence-electron chi connectivity index (χ3n) is 4.64. The lowest BCUT2D eigenvalue weighted by Crippen LogP contribution is -2.24. The molecule has 2 aliphatic rings. The van der Waals surface area contributed by atoms with E-state index in [2.05, 4.69) is 33.4 Å². The van der Waals surface area contributed by atoms with Crippen LogP contribution in [0.15, 0.2) is 34.8 Å². The highest BCUT2D eigenvalue weighted by atomic mass is 79.9. The molecule has 1 N–H and O–H groups in total. The van der Waals surface area contributed by atoms with E-state index in [1.807, 2.05) is 0 Å². The van der Waals surface area contributed by atoms with Crippen LogP contribution < -0.4 is 5.32 Å². The van der Waals surface area contributed by atoms with Crippen molar-refractivity contribution in [2.45, 2.75) is 31.6 Å². The van der Waals surface area contributed by atoms with Gasteiger partial charge in [-0.3, -0.25) is 4.79 Å². The minimum Gasteiger partial charge on any atom is -0.326 e. The SMILES string of the molecule is O=C1C[C@H](c2cc(Br)ccc2F)c2cc3c(cc2N1)CCC3. The number of hydrogen-bond acceptors (Lipinski definition) is 1. The van der Waals surface area contributed by atoms with Gasteiger partial charge in [-0.05, 0) is 65.8 Å². The van der Waals surface area contributed by atoms with Crippen molar-refractivity contribution in [3.05, 3.63) is 62.9 Å². The molecule has 1 aliphatic carbocycles. The molecule has 1 atom stereocenters. The molecule has 0 radical (unpaired) electrons. The average Bonchev–Trinajstić information content (AvgIpc) is 2.94. The van der Waals surface area contributed by atoms with Gasteiger partial charge in [0.25, 0.3) is 0 Å². The van der Waals surface area contributed by atoms with E-state index in [1.54, 1.807) is 12.1 Å². The highest BCUT2D eigenvalue weighted by Gasteiger charge is 2.30. The maximum atomic E-state index is 14.3. The van der Waals surface area contributed by atoms with Gasteiger partial charge in [0.05, 0.1) is 0 Å². The number of anilines is 1. The van der Waals surface area contributed by atoms with Crippen LogP contribution in [0.1, 0.15) is 41.0 Å². The van der Waals surface area contributed by atoms with Crippen LogP contribution in [-0.2, 0) is 17.6 Å². The minimum absolute atomic E-state index is 0.0465. The molecule has 1 heterocycles. The van der Waals surface area contributed by atoms with E-state index in [9.17, 15) is 9.18 Å². The Hall–Kier alpha value is -1.68. The highest BCUT2D eigenvalue weighted by Crippen LogP contribution is 2.41. The quantitative estimate of drug-likeness (QED) is 0.794. The molecular weight excluding hydrogens is 345 g/mol. The van der Waals surface area contributed by atoms with Crippen molar-refractivity contribution in [2.24, 2.45) is 0 Å². The van der Waals surface area contributed by atoms with Crippen molar-refractivity contribution in [2.75, 3.05) is 5.32 Å². The summed E-state index contributed by atoms with van der Waals surface area (Å²) in [7, 11) is 0. The number of carbonyl (C=O) groups excluding carboxylic acids is 1. The van der Waals surface area contributed by atoms with Crippen LogP contribution >= 0.6 is 15.9 Å². The molecule has 1 amide bonds. The first-order chi connectivity index (χ1) is 10.6. The lowest BCUT2D eigenvalue weighted by molar-refractivity contribution is -0.116. The zero-order valence-electron chi connectivity index (χ0n) is 12.0. The molecule has 2 aromatic rings. The maximum absolute atomic E-state index is 14.3. The number of rotatable bonds is 1. The Labute approximate surface area is 136 Å². The molecule has 0 unspecified atom stereocenters. The van der Waals surface area contributed by atoms with Crippen molar-refractivity contribution in [1.29, 1.82) is 0 Å². The number of halogens is 2. The second kappa shape index (κ2) is 5.20. The Morgan fingerprint density at radius 3 is 2.68 bits per heavy atom. The van der Waals surface area contributed by atoms with E-state index in [0.717, 1.165) is 35.0 Å². The van der Waals surface area contributed by atoms with Crippen LogP contribution in [0.25, 0.3) is 0 Å². The summed E-state index contributed by atoms with van der Waals surface area (Å²) >= 11 is 3.40. The van der Waals surface area contributed by atoms with E-state index >= 15 is 0 Å². The molecule has 0 saturated heterocycles. The topological polar surface area (TPSA) is 29.1 Å². The van der Waals surface area contributed by atoms with Crippen LogP contribution in [0.4, 0.5) is 10.1 Å². The highest BCUT2D eigenvalue weighted by molar-refractivity contribution is 9.10. The number of fused-ring (bicyclic) bond motifs is 2. The Bertz CT molecular complexity index is 787. The monoisotopic (exact) mass is 359 g/mol. The van der Waals surface area contributed by atoms with Crippen molar-refractivity contribution in [3.8, 4) is 0 Å². The second-order valence-electron chi connectivity index (χ2n) is 6.03. The molecule has 0 spiro atoms. The molecule has 2 nitrogen and oxygen atoms in total. The van der Waals surface area contributed by atoms with Gasteiger partial charge in [0, 0.05) is 22.5 Å². The Kier molecular flexibility index (Phi) is 3.30. The van der Waals surface area contributed by atoms with Crippen LogP contribution in [0.5, 0.6) is 0 Å². The number of carbonyl (C=O) groups is 1. The van der Waals surface area contributed by atoms with Crippen molar-refractivity contribution < 1.29 is 9.18 Å². The van der Waals surface area contributed by atoms with E-state index < -0.39 is 0 Å². The zero-order chi connectivity index (χ0) is 15.3. The molecule has 2 aromatic carbocycles. The van der Waals surface area contributed by atoms with E-state index in [1.165, 1.54) is 17.2 Å². The first-order valence-corrected chi connectivity index (χ1v) is 8.31. The smallest absolute Gasteiger partial charge is 0.225 e. The molecule has 0 fully saturated rings. The number of nitrogens with one attached hydrogen (secondary N) is 1. The fourth-order valence-corrected chi connectivity index (χ4v) is 3.97. The van der Waals surface area contributed by atoms with Crippen LogP contribution in [0.3, 0.4) is 0 Å². The summed E-state index contributed by atoms with van der Waals surface area (Å²) in [5.41, 5.74) is 5.13. The molecule has 0 saturated carbocycles. The Balaban J connectivity index is 1.88. The van der Waals surface area contributed by atoms with Crippen LogP contribution in [0, 0.1) is 5.82 Å². The average molecular weight is 360 g/mol. The standard InChI is InChI=1S/C18H15BrFNO/c19-12-4-5-16(20)14(8-12)13-9-18(22)21-17-7-11-3-1-2-10(11)6-15(13)17/h4-8,13H,1-3,9H2,(H,21,22)/t13-/m1/s1. The lowest BCUT2D eigenvalue weighted by atomic mass is 9.83. The first kappa shape index (κ1) is 13.9. The van der Waals surface area contributed by atoms with E-state index in [4.69, 9.17) is 0 Å². The van der Waals surface area contributed by atoms with Gasteiger partial charge in [-0.2, -0.15) is 0 Å². The summed E-state index contributed by atoms with van der Waals surface area (Å²) in [6.45, 7) is 0. The zero-order valence-corrected chi connectivity index (χ0v) is 13.5. The van der Waals surface area contributed by atoms with Gasteiger partial charge in [0.2, 0.25) is 5.91 Å². The predicted octanol–water partition coefficient (Wildman–Crippen LogP) is 4.55. The third-order valence-corrected chi connectivity index (χ3v) is 5.13. The molecule has 4 heteroatoms. The summed E-state index contributed by atoms with van der Waals surface area (Å²) in [5, 5.41) is 2.95. The van der Waals surface area contributed by atoms with Crippen molar-refractivity contribution >= 4 is 27.5 Å². The van der Waals surface area contributed by atoms with Gasteiger partial charge in [-0.15, -0.1) is 0 Å².